The molecule has 0 saturated heterocycles. The lowest BCUT2D eigenvalue weighted by Gasteiger charge is -2.00. The van der Waals surface area contributed by atoms with E-state index in [1.807, 2.05) is 6.07 Å². The first kappa shape index (κ1) is 11.6. The molecule has 0 radical (unpaired) electrons. The Kier molecular flexibility index (Phi) is 4.74. The standard InChI is InChI=1S/C11H16N2O2/c1-3-4-5-6-9-7-8-10(13-12-9)11(14)15-2/h7-8H,3-6H2,1-2H3. The van der Waals surface area contributed by atoms with E-state index in [9.17, 15) is 4.79 Å². The van der Waals surface area contributed by atoms with Crippen LogP contribution in [0.4, 0.5) is 0 Å². The molecule has 0 aliphatic rings. The molecule has 0 spiro atoms. The van der Waals surface area contributed by atoms with Crippen molar-refractivity contribution in [3.63, 3.8) is 0 Å². The Morgan fingerprint density at radius 1 is 1.33 bits per heavy atom. The van der Waals surface area contributed by atoms with Gasteiger partial charge in [-0.2, -0.15) is 5.10 Å². The maximum Gasteiger partial charge on any atom is 0.358 e. The number of hydrogen-bond donors (Lipinski definition) is 0. The zero-order valence-corrected chi connectivity index (χ0v) is 9.19. The summed E-state index contributed by atoms with van der Waals surface area (Å²) in [5.41, 5.74) is 1.19. The van der Waals surface area contributed by atoms with Crippen LogP contribution in [-0.2, 0) is 11.2 Å². The zero-order valence-electron chi connectivity index (χ0n) is 9.19. The van der Waals surface area contributed by atoms with Crippen LogP contribution in [0.3, 0.4) is 0 Å². The van der Waals surface area contributed by atoms with Gasteiger partial charge in [0.05, 0.1) is 12.8 Å². The largest absolute Gasteiger partial charge is 0.464 e. The highest BCUT2D eigenvalue weighted by molar-refractivity contribution is 5.86. The maximum absolute atomic E-state index is 11.1. The van der Waals surface area contributed by atoms with Crippen molar-refractivity contribution in [2.45, 2.75) is 32.6 Å². The summed E-state index contributed by atoms with van der Waals surface area (Å²) in [7, 11) is 1.33. The van der Waals surface area contributed by atoms with Gasteiger partial charge >= 0.3 is 5.97 Å². The Bertz CT molecular complexity index is 309. The Morgan fingerprint density at radius 2 is 2.13 bits per heavy atom. The molecular formula is C11H16N2O2. The first-order valence-corrected chi connectivity index (χ1v) is 5.19. The van der Waals surface area contributed by atoms with Gasteiger partial charge in [0.1, 0.15) is 0 Å². The first-order chi connectivity index (χ1) is 7.27. The molecule has 1 heterocycles. The smallest absolute Gasteiger partial charge is 0.358 e. The second kappa shape index (κ2) is 6.11. The van der Waals surface area contributed by atoms with Gasteiger partial charge in [-0.15, -0.1) is 5.10 Å². The third-order valence-electron chi connectivity index (χ3n) is 2.15. The SMILES string of the molecule is CCCCCc1ccc(C(=O)OC)nn1. The van der Waals surface area contributed by atoms with Crippen LogP contribution in [0.5, 0.6) is 0 Å². The number of carbonyl (C=O) groups is 1. The van der Waals surface area contributed by atoms with Gasteiger partial charge in [0.2, 0.25) is 0 Å². The predicted octanol–water partition coefficient (Wildman–Crippen LogP) is 2.00. The molecule has 0 N–H and O–H groups in total. The molecule has 0 saturated carbocycles. The van der Waals surface area contributed by atoms with Crippen molar-refractivity contribution in [1.29, 1.82) is 0 Å². The van der Waals surface area contributed by atoms with Gasteiger partial charge in [0.25, 0.3) is 0 Å². The van der Waals surface area contributed by atoms with Gasteiger partial charge in [-0.25, -0.2) is 4.79 Å². The van der Waals surface area contributed by atoms with Crippen LogP contribution in [0.25, 0.3) is 0 Å². The monoisotopic (exact) mass is 208 g/mol. The lowest BCUT2D eigenvalue weighted by atomic mass is 10.1. The van der Waals surface area contributed by atoms with Crippen molar-refractivity contribution in [2.75, 3.05) is 7.11 Å². The minimum absolute atomic E-state index is 0.261. The summed E-state index contributed by atoms with van der Waals surface area (Å²) in [6.45, 7) is 2.16. The summed E-state index contributed by atoms with van der Waals surface area (Å²) >= 11 is 0. The van der Waals surface area contributed by atoms with Crippen molar-refractivity contribution < 1.29 is 9.53 Å². The van der Waals surface area contributed by atoms with Crippen LogP contribution in [0.1, 0.15) is 42.4 Å². The summed E-state index contributed by atoms with van der Waals surface area (Å²) in [4.78, 5) is 11.1. The number of unbranched alkanes of at least 4 members (excludes halogenated alkanes) is 2. The molecule has 4 nitrogen and oxygen atoms in total. The molecule has 0 aliphatic heterocycles. The number of esters is 1. The summed E-state index contributed by atoms with van der Waals surface area (Å²) in [5.74, 6) is -0.442. The Balaban J connectivity index is 2.52. The average Bonchev–Trinajstić information content (AvgIpc) is 2.29. The topological polar surface area (TPSA) is 52.1 Å². The van der Waals surface area contributed by atoms with Crippen LogP contribution in [-0.4, -0.2) is 23.3 Å². The van der Waals surface area contributed by atoms with E-state index in [4.69, 9.17) is 0 Å². The van der Waals surface area contributed by atoms with E-state index in [2.05, 4.69) is 21.9 Å². The van der Waals surface area contributed by atoms with Crippen molar-refractivity contribution in [2.24, 2.45) is 0 Å². The zero-order chi connectivity index (χ0) is 11.1. The maximum atomic E-state index is 11.1. The van der Waals surface area contributed by atoms with E-state index < -0.39 is 5.97 Å². The fraction of sp³-hybridized carbons (Fsp3) is 0.545. The molecule has 15 heavy (non-hydrogen) atoms. The minimum atomic E-state index is -0.442. The number of aryl methyl sites for hydroxylation is 1. The number of rotatable bonds is 5. The number of methoxy groups -OCH3 is 1. The highest BCUT2D eigenvalue weighted by atomic mass is 16.5. The second-order valence-corrected chi connectivity index (χ2v) is 3.36. The molecule has 1 aromatic rings. The molecule has 82 valence electrons. The molecule has 1 rings (SSSR count). The van der Waals surface area contributed by atoms with Crippen LogP contribution < -0.4 is 0 Å². The third kappa shape index (κ3) is 3.65. The number of hydrogen-bond acceptors (Lipinski definition) is 4. The predicted molar refractivity (Wildman–Crippen MR) is 56.6 cm³/mol. The van der Waals surface area contributed by atoms with Crippen LogP contribution in [0, 0.1) is 0 Å². The van der Waals surface area contributed by atoms with Crippen LogP contribution in [0.2, 0.25) is 0 Å². The van der Waals surface area contributed by atoms with E-state index in [0.29, 0.717) is 0 Å². The molecule has 0 unspecified atom stereocenters. The molecule has 0 atom stereocenters. The van der Waals surface area contributed by atoms with Gasteiger partial charge in [-0.1, -0.05) is 19.8 Å². The van der Waals surface area contributed by atoms with Crippen LogP contribution >= 0.6 is 0 Å². The molecule has 1 aromatic heterocycles. The first-order valence-electron chi connectivity index (χ1n) is 5.19. The number of ether oxygens (including phenoxy) is 1. The van der Waals surface area contributed by atoms with Crippen molar-refractivity contribution in [3.8, 4) is 0 Å². The fourth-order valence-corrected chi connectivity index (χ4v) is 1.26. The van der Waals surface area contributed by atoms with E-state index >= 15 is 0 Å². The highest BCUT2D eigenvalue weighted by Crippen LogP contribution is 2.04. The molecular weight excluding hydrogens is 192 g/mol. The second-order valence-electron chi connectivity index (χ2n) is 3.36. The lowest BCUT2D eigenvalue weighted by molar-refractivity contribution is 0.0592. The molecule has 0 amide bonds. The summed E-state index contributed by atoms with van der Waals surface area (Å²) in [6, 6.07) is 3.48. The summed E-state index contributed by atoms with van der Waals surface area (Å²) < 4.78 is 4.53. The molecule has 0 fully saturated rings. The van der Waals surface area contributed by atoms with Crippen molar-refractivity contribution in [3.05, 3.63) is 23.5 Å². The number of carbonyl (C=O) groups excluding carboxylic acids is 1. The summed E-state index contributed by atoms with van der Waals surface area (Å²) in [6.07, 6.45) is 4.42. The van der Waals surface area contributed by atoms with E-state index in [-0.39, 0.29) is 5.69 Å². The molecule has 0 aliphatic carbocycles. The van der Waals surface area contributed by atoms with Gasteiger partial charge in [-0.05, 0) is 25.0 Å². The van der Waals surface area contributed by atoms with E-state index in [0.717, 1.165) is 18.5 Å². The van der Waals surface area contributed by atoms with Crippen molar-refractivity contribution in [1.82, 2.24) is 10.2 Å². The fourth-order valence-electron chi connectivity index (χ4n) is 1.26. The Hall–Kier alpha value is -1.45. The quantitative estimate of drug-likeness (QED) is 0.548. The van der Waals surface area contributed by atoms with E-state index in [1.54, 1.807) is 6.07 Å². The lowest BCUT2D eigenvalue weighted by Crippen LogP contribution is -2.06. The minimum Gasteiger partial charge on any atom is -0.464 e. The normalized spacial score (nSPS) is 10.0. The summed E-state index contributed by atoms with van der Waals surface area (Å²) in [5, 5.41) is 7.77. The molecule has 0 bridgehead atoms. The van der Waals surface area contributed by atoms with Gasteiger partial charge in [0, 0.05) is 0 Å². The van der Waals surface area contributed by atoms with Gasteiger partial charge < -0.3 is 4.74 Å². The van der Waals surface area contributed by atoms with Gasteiger partial charge in [-0.3, -0.25) is 0 Å². The Labute approximate surface area is 89.7 Å². The molecule has 0 aromatic carbocycles. The third-order valence-corrected chi connectivity index (χ3v) is 2.15. The number of nitrogens with zero attached hydrogens (tertiary/aromatic N) is 2. The van der Waals surface area contributed by atoms with Crippen LogP contribution in [0.15, 0.2) is 12.1 Å². The van der Waals surface area contributed by atoms with Gasteiger partial charge in [0.15, 0.2) is 5.69 Å². The average molecular weight is 208 g/mol. The molecule has 4 heteroatoms. The Morgan fingerprint density at radius 3 is 2.67 bits per heavy atom. The van der Waals surface area contributed by atoms with Crippen molar-refractivity contribution >= 4 is 5.97 Å². The highest BCUT2D eigenvalue weighted by Gasteiger charge is 2.06. The number of aromatic nitrogens is 2. The van der Waals surface area contributed by atoms with E-state index in [1.165, 1.54) is 20.0 Å².